The van der Waals surface area contributed by atoms with Gasteiger partial charge in [-0.15, -0.1) is 0 Å². The number of nitrogens with one attached hydrogen (secondary N) is 2. The van der Waals surface area contributed by atoms with Crippen molar-refractivity contribution in [2.24, 2.45) is 0 Å². The van der Waals surface area contributed by atoms with Crippen molar-refractivity contribution in [3.8, 4) is 17.2 Å². The molecule has 3 aromatic rings. The zero-order valence-electron chi connectivity index (χ0n) is 16.5. The van der Waals surface area contributed by atoms with E-state index in [2.05, 4.69) is 21.8 Å². The van der Waals surface area contributed by atoms with Crippen molar-refractivity contribution < 1.29 is 14.2 Å². The minimum atomic E-state index is 0.242. The van der Waals surface area contributed by atoms with Gasteiger partial charge in [0.1, 0.15) is 5.75 Å². The Labute approximate surface area is 174 Å². The molecule has 1 aliphatic heterocycles. The molecular weight excluding hydrogens is 388 g/mol. The molecule has 0 amide bonds. The predicted molar refractivity (Wildman–Crippen MR) is 116 cm³/mol. The van der Waals surface area contributed by atoms with Gasteiger partial charge < -0.3 is 24.8 Å². The third-order valence-electron chi connectivity index (χ3n) is 4.72. The zero-order chi connectivity index (χ0) is 20.4. The van der Waals surface area contributed by atoms with Gasteiger partial charge in [-0.2, -0.15) is 5.10 Å². The van der Waals surface area contributed by atoms with Crippen LogP contribution in [0.3, 0.4) is 0 Å². The number of fused-ring (bicyclic) bond motifs is 1. The van der Waals surface area contributed by atoms with E-state index in [0.717, 1.165) is 39.8 Å². The summed E-state index contributed by atoms with van der Waals surface area (Å²) in [4.78, 5) is 0. The van der Waals surface area contributed by atoms with Crippen LogP contribution in [0, 0.1) is 13.8 Å². The fourth-order valence-corrected chi connectivity index (χ4v) is 3.45. The van der Waals surface area contributed by atoms with E-state index in [1.807, 2.05) is 54.9 Å². The van der Waals surface area contributed by atoms with Crippen LogP contribution in [0.1, 0.15) is 17.0 Å². The lowest BCUT2D eigenvalue weighted by molar-refractivity contribution is 0.174. The number of ether oxygens (including phenoxy) is 3. The Hall–Kier alpha value is -3.26. The summed E-state index contributed by atoms with van der Waals surface area (Å²) in [5, 5.41) is 11.6. The van der Waals surface area contributed by atoms with Gasteiger partial charge in [-0.25, -0.2) is 0 Å². The molecule has 0 atom stereocenters. The Balaban J connectivity index is 1.46. The molecule has 2 aromatic carbocycles. The summed E-state index contributed by atoms with van der Waals surface area (Å²) in [6, 6.07) is 13.6. The SMILES string of the molecule is COc1cccc(Cn2nc(C)c(NC(=S)Nc3ccc4c(c3)OCO4)c2C)c1. The molecule has 0 radical (unpaired) electrons. The highest BCUT2D eigenvalue weighted by molar-refractivity contribution is 7.80. The van der Waals surface area contributed by atoms with Gasteiger partial charge in [0.15, 0.2) is 16.6 Å². The molecule has 0 spiro atoms. The third-order valence-corrected chi connectivity index (χ3v) is 4.92. The molecule has 2 heterocycles. The van der Waals surface area contributed by atoms with Crippen LogP contribution in [-0.2, 0) is 6.54 Å². The van der Waals surface area contributed by atoms with Crippen LogP contribution in [0.25, 0.3) is 0 Å². The van der Waals surface area contributed by atoms with Gasteiger partial charge in [-0.3, -0.25) is 4.68 Å². The summed E-state index contributed by atoms with van der Waals surface area (Å²) in [6.07, 6.45) is 0. The fraction of sp³-hybridized carbons (Fsp3) is 0.238. The van der Waals surface area contributed by atoms with Crippen molar-refractivity contribution in [3.63, 3.8) is 0 Å². The normalized spacial score (nSPS) is 12.0. The van der Waals surface area contributed by atoms with Crippen molar-refractivity contribution >= 4 is 28.7 Å². The molecule has 8 heteroatoms. The molecule has 29 heavy (non-hydrogen) atoms. The van der Waals surface area contributed by atoms with Crippen LogP contribution in [-0.4, -0.2) is 28.8 Å². The Kier molecular flexibility index (Phi) is 5.26. The van der Waals surface area contributed by atoms with E-state index in [1.165, 1.54) is 0 Å². The molecule has 0 saturated heterocycles. The molecule has 0 bridgehead atoms. The van der Waals surface area contributed by atoms with Crippen LogP contribution in [0.4, 0.5) is 11.4 Å². The smallest absolute Gasteiger partial charge is 0.231 e. The maximum absolute atomic E-state index is 5.49. The van der Waals surface area contributed by atoms with Crippen molar-refractivity contribution in [3.05, 3.63) is 59.4 Å². The first-order valence-corrected chi connectivity index (χ1v) is 9.59. The maximum Gasteiger partial charge on any atom is 0.231 e. The van der Waals surface area contributed by atoms with Crippen molar-refractivity contribution in [1.82, 2.24) is 9.78 Å². The summed E-state index contributed by atoms with van der Waals surface area (Å²) in [5.41, 5.74) is 4.71. The zero-order valence-corrected chi connectivity index (χ0v) is 17.3. The Morgan fingerprint density at radius 3 is 2.79 bits per heavy atom. The fourth-order valence-electron chi connectivity index (χ4n) is 3.23. The number of hydrogen-bond acceptors (Lipinski definition) is 5. The minimum absolute atomic E-state index is 0.242. The van der Waals surface area contributed by atoms with Crippen LogP contribution < -0.4 is 24.8 Å². The van der Waals surface area contributed by atoms with Gasteiger partial charge >= 0.3 is 0 Å². The summed E-state index contributed by atoms with van der Waals surface area (Å²) in [5.74, 6) is 2.27. The lowest BCUT2D eigenvalue weighted by atomic mass is 10.2. The lowest BCUT2D eigenvalue weighted by Gasteiger charge is -2.12. The molecule has 0 aliphatic carbocycles. The van der Waals surface area contributed by atoms with Crippen molar-refractivity contribution in [2.45, 2.75) is 20.4 Å². The van der Waals surface area contributed by atoms with Gasteiger partial charge in [-0.1, -0.05) is 12.1 Å². The highest BCUT2D eigenvalue weighted by Crippen LogP contribution is 2.34. The van der Waals surface area contributed by atoms with Crippen LogP contribution in [0.5, 0.6) is 17.2 Å². The van der Waals surface area contributed by atoms with Crippen LogP contribution >= 0.6 is 12.2 Å². The number of nitrogens with zero attached hydrogens (tertiary/aromatic N) is 2. The first-order chi connectivity index (χ1) is 14.0. The van der Waals surface area contributed by atoms with Gasteiger partial charge in [-0.05, 0) is 55.9 Å². The quantitative estimate of drug-likeness (QED) is 0.614. The largest absolute Gasteiger partial charge is 0.497 e. The van der Waals surface area contributed by atoms with E-state index in [1.54, 1.807) is 7.11 Å². The van der Waals surface area contributed by atoms with Crippen LogP contribution in [0.2, 0.25) is 0 Å². The lowest BCUT2D eigenvalue weighted by Crippen LogP contribution is -2.20. The third kappa shape index (κ3) is 4.12. The Morgan fingerprint density at radius 2 is 1.97 bits per heavy atom. The number of hydrogen-bond donors (Lipinski definition) is 2. The molecule has 2 N–H and O–H groups in total. The van der Waals surface area contributed by atoms with E-state index in [9.17, 15) is 0 Å². The van der Waals surface area contributed by atoms with E-state index in [-0.39, 0.29) is 6.79 Å². The number of methoxy groups -OCH3 is 1. The molecule has 7 nitrogen and oxygen atoms in total. The monoisotopic (exact) mass is 410 g/mol. The molecule has 0 saturated carbocycles. The molecular formula is C21H22N4O3S. The second-order valence-electron chi connectivity index (χ2n) is 6.70. The first-order valence-electron chi connectivity index (χ1n) is 9.18. The highest BCUT2D eigenvalue weighted by atomic mass is 32.1. The van der Waals surface area contributed by atoms with Crippen LogP contribution in [0.15, 0.2) is 42.5 Å². The second kappa shape index (κ2) is 8.00. The number of aryl methyl sites for hydroxylation is 1. The maximum atomic E-state index is 5.49. The summed E-state index contributed by atoms with van der Waals surface area (Å²) >= 11 is 5.49. The molecule has 1 aromatic heterocycles. The Bertz CT molecular complexity index is 1060. The first kappa shape index (κ1) is 19.1. The second-order valence-corrected chi connectivity index (χ2v) is 7.11. The topological polar surface area (TPSA) is 69.6 Å². The van der Waals surface area contributed by atoms with Gasteiger partial charge in [0, 0.05) is 11.8 Å². The molecule has 150 valence electrons. The van der Waals surface area contributed by atoms with E-state index in [4.69, 9.17) is 26.4 Å². The predicted octanol–water partition coefficient (Wildman–Crippen LogP) is 4.09. The number of rotatable bonds is 5. The molecule has 0 fully saturated rings. The molecule has 4 rings (SSSR count). The molecule has 0 unspecified atom stereocenters. The van der Waals surface area contributed by atoms with E-state index >= 15 is 0 Å². The summed E-state index contributed by atoms with van der Waals surface area (Å²) in [7, 11) is 1.67. The summed E-state index contributed by atoms with van der Waals surface area (Å²) < 4.78 is 18.0. The standard InChI is InChI=1S/C21H22N4O3S/c1-13-20(14(2)25(24-13)11-15-5-4-6-17(9-15)26-3)23-21(29)22-16-7-8-18-19(10-16)28-12-27-18/h4-10H,11-12H2,1-3H3,(H2,22,23,29). The van der Waals surface area contributed by atoms with Gasteiger partial charge in [0.25, 0.3) is 0 Å². The Morgan fingerprint density at radius 1 is 1.14 bits per heavy atom. The van der Waals surface area contributed by atoms with E-state index < -0.39 is 0 Å². The summed E-state index contributed by atoms with van der Waals surface area (Å²) in [6.45, 7) is 4.87. The number of thiocarbonyl (C=S) groups is 1. The van der Waals surface area contributed by atoms with Crippen molar-refractivity contribution in [2.75, 3.05) is 24.5 Å². The van der Waals surface area contributed by atoms with Gasteiger partial charge in [0.2, 0.25) is 6.79 Å². The number of anilines is 2. The number of benzene rings is 2. The molecule has 1 aliphatic rings. The van der Waals surface area contributed by atoms with E-state index in [0.29, 0.717) is 17.4 Å². The average Bonchev–Trinajstić information content (AvgIpc) is 3.28. The van der Waals surface area contributed by atoms with Crippen molar-refractivity contribution in [1.29, 1.82) is 0 Å². The average molecular weight is 410 g/mol. The minimum Gasteiger partial charge on any atom is -0.497 e. The highest BCUT2D eigenvalue weighted by Gasteiger charge is 2.16. The van der Waals surface area contributed by atoms with Gasteiger partial charge in [0.05, 0.1) is 30.7 Å². The number of aromatic nitrogens is 2.